The van der Waals surface area contributed by atoms with Gasteiger partial charge in [-0.15, -0.1) is 0 Å². The quantitative estimate of drug-likeness (QED) is 0.576. The van der Waals surface area contributed by atoms with E-state index >= 15 is 0 Å². The van der Waals surface area contributed by atoms with E-state index in [1.807, 2.05) is 0 Å². The van der Waals surface area contributed by atoms with E-state index in [0.717, 1.165) is 0 Å². The molecule has 0 aromatic heterocycles. The van der Waals surface area contributed by atoms with Crippen LogP contribution in [0.4, 0.5) is 9.18 Å². The average molecular weight is 511 g/mol. The van der Waals surface area contributed by atoms with E-state index in [-0.39, 0.29) is 30.2 Å². The number of hydrogen-bond donors (Lipinski definition) is 1. The van der Waals surface area contributed by atoms with Crippen LogP contribution in [-0.2, 0) is 9.53 Å². The number of hydrogen-bond acceptors (Lipinski definition) is 6. The number of halogens is 1. The summed E-state index contributed by atoms with van der Waals surface area (Å²) >= 11 is 0. The zero-order valence-electron chi connectivity index (χ0n) is 21.2. The molecule has 9 nitrogen and oxygen atoms in total. The fourth-order valence-electron chi connectivity index (χ4n) is 4.58. The first-order chi connectivity index (χ1) is 17.8. The number of nitrogens with zero attached hydrogens (tertiary/aromatic N) is 3. The number of methoxy groups -OCH3 is 1. The normalized spacial score (nSPS) is 18.5. The highest BCUT2D eigenvalue weighted by Crippen LogP contribution is 2.32. The number of amides is 3. The molecule has 10 heteroatoms. The predicted molar refractivity (Wildman–Crippen MR) is 134 cm³/mol. The Morgan fingerprint density at radius 3 is 2.35 bits per heavy atom. The number of rotatable bonds is 7. The molecule has 0 spiro atoms. The third kappa shape index (κ3) is 5.59. The summed E-state index contributed by atoms with van der Waals surface area (Å²) in [7, 11) is 3.15. The molecule has 0 bridgehead atoms. The zero-order chi connectivity index (χ0) is 26.5. The first-order valence-electron chi connectivity index (χ1n) is 12.2. The Kier molecular flexibility index (Phi) is 8.08. The molecule has 0 aliphatic carbocycles. The number of urea groups is 1. The van der Waals surface area contributed by atoms with Crippen LogP contribution < -0.4 is 10.1 Å². The summed E-state index contributed by atoms with van der Waals surface area (Å²) in [6.07, 6.45) is 0. The number of esters is 1. The van der Waals surface area contributed by atoms with Crippen LogP contribution in [0.1, 0.15) is 28.9 Å². The number of piperazine rings is 1. The minimum atomic E-state index is -0.975. The number of carbonyl (C=O) groups is 3. The lowest BCUT2D eigenvalue weighted by Crippen LogP contribution is -2.53. The first kappa shape index (κ1) is 26.2. The monoisotopic (exact) mass is 510 g/mol. The van der Waals surface area contributed by atoms with Gasteiger partial charge in [0.05, 0.1) is 25.3 Å². The molecule has 1 atom stereocenters. The van der Waals surface area contributed by atoms with Gasteiger partial charge in [0.15, 0.2) is 0 Å². The summed E-state index contributed by atoms with van der Waals surface area (Å²) in [5.41, 5.74) is 1.42. The number of likely N-dealkylation sites (N-methyl/N-ethyl adjacent to an activating group) is 1. The Morgan fingerprint density at radius 1 is 1.05 bits per heavy atom. The Bertz CT molecular complexity index is 1190. The Morgan fingerprint density at radius 2 is 1.73 bits per heavy atom. The molecule has 1 unspecified atom stereocenters. The van der Waals surface area contributed by atoms with Gasteiger partial charge in [0.25, 0.3) is 5.91 Å². The van der Waals surface area contributed by atoms with Gasteiger partial charge in [0.2, 0.25) is 0 Å². The van der Waals surface area contributed by atoms with E-state index < -0.39 is 23.9 Å². The molecule has 4 rings (SSSR count). The van der Waals surface area contributed by atoms with Crippen molar-refractivity contribution in [1.29, 1.82) is 0 Å². The van der Waals surface area contributed by atoms with Crippen LogP contribution in [0.3, 0.4) is 0 Å². The van der Waals surface area contributed by atoms with E-state index in [9.17, 15) is 18.8 Å². The maximum atomic E-state index is 14.7. The molecular formula is C27H31FN4O5. The van der Waals surface area contributed by atoms with Crippen molar-refractivity contribution >= 4 is 17.9 Å². The standard InChI is InChI=1S/C27H31FN4O5/c1-4-37-26(34)23-22(30(2)27(35)29-24(23)20-7-5-6-8-21(20)28)17-31-13-15-32(16-14-31)25(33)18-9-11-19(36-3)12-10-18/h5-12,24H,4,13-17H2,1-3H3,(H,29,35). The van der Waals surface area contributed by atoms with Crippen molar-refractivity contribution in [3.8, 4) is 5.75 Å². The second-order valence-electron chi connectivity index (χ2n) is 8.84. The zero-order valence-corrected chi connectivity index (χ0v) is 21.2. The molecule has 3 amide bonds. The largest absolute Gasteiger partial charge is 0.497 e. The second kappa shape index (κ2) is 11.4. The van der Waals surface area contributed by atoms with Gasteiger partial charge in [-0.2, -0.15) is 0 Å². The molecule has 0 saturated carbocycles. The van der Waals surface area contributed by atoms with Gasteiger partial charge in [-0.25, -0.2) is 14.0 Å². The van der Waals surface area contributed by atoms with Crippen molar-refractivity contribution in [3.63, 3.8) is 0 Å². The number of ether oxygens (including phenoxy) is 2. The minimum absolute atomic E-state index is 0.0671. The van der Waals surface area contributed by atoms with Crippen molar-refractivity contribution in [2.75, 3.05) is 53.5 Å². The molecule has 37 heavy (non-hydrogen) atoms. The average Bonchev–Trinajstić information content (AvgIpc) is 2.91. The molecule has 2 aliphatic rings. The lowest BCUT2D eigenvalue weighted by atomic mass is 9.94. The highest BCUT2D eigenvalue weighted by atomic mass is 19.1. The lowest BCUT2D eigenvalue weighted by molar-refractivity contribution is -0.139. The molecule has 2 aromatic carbocycles. The second-order valence-corrected chi connectivity index (χ2v) is 8.84. The molecule has 196 valence electrons. The third-order valence-electron chi connectivity index (χ3n) is 6.66. The van der Waals surface area contributed by atoms with Crippen molar-refractivity contribution < 1.29 is 28.2 Å². The van der Waals surface area contributed by atoms with Gasteiger partial charge in [0, 0.05) is 56.6 Å². The molecule has 1 saturated heterocycles. The fourth-order valence-corrected chi connectivity index (χ4v) is 4.58. The van der Waals surface area contributed by atoms with Crippen LogP contribution in [0.5, 0.6) is 5.75 Å². The van der Waals surface area contributed by atoms with E-state index in [2.05, 4.69) is 10.2 Å². The molecule has 1 fully saturated rings. The Labute approximate surface area is 215 Å². The lowest BCUT2D eigenvalue weighted by Gasteiger charge is -2.39. The van der Waals surface area contributed by atoms with E-state index in [4.69, 9.17) is 9.47 Å². The maximum absolute atomic E-state index is 14.7. The number of carbonyl (C=O) groups excluding carboxylic acids is 3. The molecule has 2 heterocycles. The van der Waals surface area contributed by atoms with Gasteiger partial charge in [-0.1, -0.05) is 18.2 Å². The van der Waals surface area contributed by atoms with Crippen LogP contribution >= 0.6 is 0 Å². The number of benzene rings is 2. The van der Waals surface area contributed by atoms with E-state index in [1.165, 1.54) is 11.0 Å². The van der Waals surface area contributed by atoms with Crippen molar-refractivity contribution in [2.24, 2.45) is 0 Å². The summed E-state index contributed by atoms with van der Waals surface area (Å²) in [6, 6.07) is 11.6. The van der Waals surface area contributed by atoms with Crippen LogP contribution in [0, 0.1) is 5.82 Å². The Hall–Kier alpha value is -3.92. The van der Waals surface area contributed by atoms with Gasteiger partial charge in [-0.05, 0) is 37.3 Å². The van der Waals surface area contributed by atoms with Crippen LogP contribution in [-0.4, -0.2) is 86.1 Å². The summed E-state index contributed by atoms with van der Waals surface area (Å²) in [5.74, 6) is -0.515. The fraction of sp³-hybridized carbons (Fsp3) is 0.370. The molecule has 2 aromatic rings. The van der Waals surface area contributed by atoms with Crippen LogP contribution in [0.2, 0.25) is 0 Å². The summed E-state index contributed by atoms with van der Waals surface area (Å²) in [4.78, 5) is 44.1. The van der Waals surface area contributed by atoms with Crippen molar-refractivity contribution in [1.82, 2.24) is 20.0 Å². The molecule has 0 radical (unpaired) electrons. The SMILES string of the molecule is CCOC(=O)C1=C(CN2CCN(C(=O)c3ccc(OC)cc3)CC2)N(C)C(=O)NC1c1ccccc1F. The maximum Gasteiger partial charge on any atom is 0.338 e. The molecular weight excluding hydrogens is 479 g/mol. The van der Waals surface area contributed by atoms with Crippen LogP contribution in [0.15, 0.2) is 59.8 Å². The Balaban J connectivity index is 1.55. The van der Waals surface area contributed by atoms with E-state index in [1.54, 1.807) is 68.4 Å². The van der Waals surface area contributed by atoms with Gasteiger partial charge >= 0.3 is 12.0 Å². The highest BCUT2D eigenvalue weighted by molar-refractivity contribution is 5.95. The first-order valence-corrected chi connectivity index (χ1v) is 12.2. The minimum Gasteiger partial charge on any atom is -0.497 e. The topological polar surface area (TPSA) is 91.4 Å². The van der Waals surface area contributed by atoms with Gasteiger partial charge < -0.3 is 19.7 Å². The van der Waals surface area contributed by atoms with Crippen LogP contribution in [0.25, 0.3) is 0 Å². The van der Waals surface area contributed by atoms with E-state index in [0.29, 0.717) is 43.2 Å². The highest BCUT2D eigenvalue weighted by Gasteiger charge is 2.38. The molecule has 2 aliphatic heterocycles. The van der Waals surface area contributed by atoms with Crippen molar-refractivity contribution in [3.05, 3.63) is 76.7 Å². The van der Waals surface area contributed by atoms with Gasteiger partial charge in [-0.3, -0.25) is 14.6 Å². The molecule has 1 N–H and O–H groups in total. The van der Waals surface area contributed by atoms with Gasteiger partial charge in [0.1, 0.15) is 11.6 Å². The van der Waals surface area contributed by atoms with Crippen molar-refractivity contribution in [2.45, 2.75) is 13.0 Å². The third-order valence-corrected chi connectivity index (χ3v) is 6.66. The smallest absolute Gasteiger partial charge is 0.338 e. The summed E-state index contributed by atoms with van der Waals surface area (Å²) in [6.45, 7) is 4.17. The summed E-state index contributed by atoms with van der Waals surface area (Å²) in [5, 5.41) is 2.74. The predicted octanol–water partition coefficient (Wildman–Crippen LogP) is 2.81. The summed E-state index contributed by atoms with van der Waals surface area (Å²) < 4.78 is 25.2. The number of nitrogens with one attached hydrogen (secondary N) is 1.